The number of aryl methyl sites for hydroxylation is 1. The van der Waals surface area contributed by atoms with Crippen molar-refractivity contribution in [2.75, 3.05) is 7.05 Å². The molecular formula is C21H20FN3O4. The van der Waals surface area contributed by atoms with Gasteiger partial charge >= 0.3 is 0 Å². The number of rotatable bonds is 7. The van der Waals surface area contributed by atoms with Crippen molar-refractivity contribution >= 4 is 11.6 Å². The maximum Gasteiger partial charge on any atom is 0.269 e. The van der Waals surface area contributed by atoms with Gasteiger partial charge < -0.3 is 9.32 Å². The van der Waals surface area contributed by atoms with E-state index in [1.807, 2.05) is 6.92 Å². The molecule has 1 aromatic heterocycles. The van der Waals surface area contributed by atoms with Crippen molar-refractivity contribution in [2.45, 2.75) is 25.8 Å². The van der Waals surface area contributed by atoms with E-state index in [-0.39, 0.29) is 29.9 Å². The largest absolute Gasteiger partial charge is 0.441 e. The van der Waals surface area contributed by atoms with Crippen molar-refractivity contribution in [3.8, 4) is 11.3 Å². The van der Waals surface area contributed by atoms with Gasteiger partial charge in [-0.05, 0) is 36.8 Å². The quantitative estimate of drug-likeness (QED) is 0.431. The minimum atomic E-state index is -0.459. The molecule has 7 nitrogen and oxygen atoms in total. The van der Waals surface area contributed by atoms with Crippen LogP contribution in [0.5, 0.6) is 0 Å². The predicted molar refractivity (Wildman–Crippen MR) is 104 cm³/mol. The first-order chi connectivity index (χ1) is 13.8. The number of nitro groups is 1. The Kier molecular flexibility index (Phi) is 6.01. The molecule has 2 aromatic carbocycles. The smallest absolute Gasteiger partial charge is 0.269 e. The molecule has 1 atom stereocenters. The van der Waals surface area contributed by atoms with Crippen molar-refractivity contribution in [1.29, 1.82) is 0 Å². The van der Waals surface area contributed by atoms with Gasteiger partial charge in [0, 0.05) is 37.6 Å². The second kappa shape index (κ2) is 8.64. The first-order valence-electron chi connectivity index (χ1n) is 9.06. The minimum Gasteiger partial charge on any atom is -0.441 e. The third kappa shape index (κ3) is 4.84. The predicted octanol–water partition coefficient (Wildman–Crippen LogP) is 4.54. The summed E-state index contributed by atoms with van der Waals surface area (Å²) >= 11 is 0. The number of oxazole rings is 1. The number of halogens is 1. The second-order valence-corrected chi connectivity index (χ2v) is 6.66. The summed E-state index contributed by atoms with van der Waals surface area (Å²) in [6.45, 7) is 1.81. The second-order valence-electron chi connectivity index (χ2n) is 6.66. The van der Waals surface area contributed by atoms with Crippen LogP contribution in [-0.4, -0.2) is 27.8 Å². The maximum atomic E-state index is 13.0. The van der Waals surface area contributed by atoms with Crippen LogP contribution in [0.4, 0.5) is 10.1 Å². The van der Waals surface area contributed by atoms with Crippen molar-refractivity contribution in [2.24, 2.45) is 0 Å². The van der Waals surface area contributed by atoms with Crippen LogP contribution >= 0.6 is 0 Å². The van der Waals surface area contributed by atoms with Crippen LogP contribution in [0, 0.1) is 15.9 Å². The number of non-ortho nitro benzene ring substituents is 1. The molecule has 1 heterocycles. The number of carbonyl (C=O) groups excluding carboxylic acids is 1. The molecule has 0 N–H and O–H groups in total. The van der Waals surface area contributed by atoms with E-state index in [0.717, 1.165) is 0 Å². The van der Waals surface area contributed by atoms with Crippen LogP contribution in [-0.2, 0) is 11.2 Å². The molecule has 0 aliphatic heterocycles. The van der Waals surface area contributed by atoms with Crippen molar-refractivity contribution in [1.82, 2.24) is 9.88 Å². The van der Waals surface area contributed by atoms with Gasteiger partial charge in [0.1, 0.15) is 5.82 Å². The molecule has 0 saturated carbocycles. The van der Waals surface area contributed by atoms with Crippen molar-refractivity contribution in [3.63, 3.8) is 0 Å². The number of nitro benzene ring substituents is 1. The van der Waals surface area contributed by atoms with Crippen LogP contribution in [0.15, 0.2) is 59.1 Å². The van der Waals surface area contributed by atoms with Crippen molar-refractivity contribution in [3.05, 3.63) is 82.1 Å². The number of nitrogens with zero attached hydrogens (tertiary/aromatic N) is 3. The lowest BCUT2D eigenvalue weighted by Gasteiger charge is -2.25. The fraction of sp³-hybridized carbons (Fsp3) is 0.238. The number of amides is 1. The molecular weight excluding hydrogens is 377 g/mol. The molecule has 0 bridgehead atoms. The van der Waals surface area contributed by atoms with Crippen molar-refractivity contribution < 1.29 is 18.5 Å². The normalized spacial score (nSPS) is 11.8. The zero-order valence-corrected chi connectivity index (χ0v) is 16.0. The molecule has 3 aromatic rings. The standard InChI is InChI=1S/C21H20FN3O4/c1-14(16-4-3-5-18(12-16)25(27)28)24(2)21(26)11-10-20-23-13-19(29-20)15-6-8-17(22)9-7-15/h3-9,12-14H,10-11H2,1-2H3/t14-/m0/s1. The molecule has 8 heteroatoms. The molecule has 0 aliphatic rings. The first kappa shape index (κ1) is 20.2. The number of carbonyl (C=O) groups is 1. The molecule has 0 saturated heterocycles. The number of hydrogen-bond donors (Lipinski definition) is 0. The molecule has 29 heavy (non-hydrogen) atoms. The van der Waals surface area contributed by atoms with Gasteiger partial charge in [-0.3, -0.25) is 14.9 Å². The van der Waals surface area contributed by atoms with Gasteiger partial charge in [0.15, 0.2) is 11.7 Å². The summed E-state index contributed by atoms with van der Waals surface area (Å²) in [5.41, 5.74) is 1.38. The summed E-state index contributed by atoms with van der Waals surface area (Å²) in [4.78, 5) is 28.8. The van der Waals surface area contributed by atoms with Gasteiger partial charge in [0.25, 0.3) is 5.69 Å². The first-order valence-corrected chi connectivity index (χ1v) is 9.06. The molecule has 0 fully saturated rings. The lowest BCUT2D eigenvalue weighted by atomic mass is 10.1. The van der Waals surface area contributed by atoms with E-state index in [1.165, 1.54) is 24.3 Å². The van der Waals surface area contributed by atoms with E-state index in [1.54, 1.807) is 42.4 Å². The van der Waals surface area contributed by atoms with E-state index in [2.05, 4.69) is 4.98 Å². The van der Waals surface area contributed by atoms with Gasteiger partial charge in [-0.1, -0.05) is 12.1 Å². The lowest BCUT2D eigenvalue weighted by molar-refractivity contribution is -0.384. The zero-order valence-electron chi connectivity index (χ0n) is 16.0. The topological polar surface area (TPSA) is 89.5 Å². The fourth-order valence-corrected chi connectivity index (χ4v) is 2.90. The van der Waals surface area contributed by atoms with E-state index < -0.39 is 4.92 Å². The summed E-state index contributed by atoms with van der Waals surface area (Å²) in [5, 5.41) is 10.9. The average molecular weight is 397 g/mol. The highest BCUT2D eigenvalue weighted by Gasteiger charge is 2.20. The molecule has 1 amide bonds. The van der Waals surface area contributed by atoms with Crippen LogP contribution < -0.4 is 0 Å². The van der Waals surface area contributed by atoms with Crippen LogP contribution in [0.1, 0.15) is 30.8 Å². The Balaban J connectivity index is 1.61. The van der Waals surface area contributed by atoms with Gasteiger partial charge in [-0.2, -0.15) is 0 Å². The van der Waals surface area contributed by atoms with Crippen LogP contribution in [0.3, 0.4) is 0 Å². The minimum absolute atomic E-state index is 0.0108. The van der Waals surface area contributed by atoms with E-state index in [9.17, 15) is 19.3 Å². The highest BCUT2D eigenvalue weighted by molar-refractivity contribution is 5.76. The Hall–Kier alpha value is -3.55. The highest BCUT2D eigenvalue weighted by atomic mass is 19.1. The van der Waals surface area contributed by atoms with Gasteiger partial charge in [0.05, 0.1) is 17.2 Å². The maximum absolute atomic E-state index is 13.0. The summed E-state index contributed by atoms with van der Waals surface area (Å²) in [5.74, 6) is 0.449. The Morgan fingerprint density at radius 1 is 1.28 bits per heavy atom. The summed E-state index contributed by atoms with van der Waals surface area (Å²) < 4.78 is 18.7. The summed E-state index contributed by atoms with van der Waals surface area (Å²) in [6.07, 6.45) is 2.04. The average Bonchev–Trinajstić information content (AvgIpc) is 3.20. The number of aromatic nitrogens is 1. The van der Waals surface area contributed by atoms with Gasteiger partial charge in [-0.15, -0.1) is 0 Å². The van der Waals surface area contributed by atoms with E-state index >= 15 is 0 Å². The third-order valence-corrected chi connectivity index (χ3v) is 4.77. The highest BCUT2D eigenvalue weighted by Crippen LogP contribution is 2.24. The molecule has 150 valence electrons. The van der Waals surface area contributed by atoms with Crippen LogP contribution in [0.2, 0.25) is 0 Å². The molecule has 0 unspecified atom stereocenters. The fourth-order valence-electron chi connectivity index (χ4n) is 2.90. The number of hydrogen-bond acceptors (Lipinski definition) is 5. The Morgan fingerprint density at radius 3 is 2.69 bits per heavy atom. The lowest BCUT2D eigenvalue weighted by Crippen LogP contribution is -2.29. The molecule has 0 aliphatic carbocycles. The Morgan fingerprint density at radius 2 is 2.00 bits per heavy atom. The zero-order chi connectivity index (χ0) is 21.0. The SMILES string of the molecule is C[C@@H](c1cccc([N+](=O)[O-])c1)N(C)C(=O)CCc1ncc(-c2ccc(F)cc2)o1. The number of benzene rings is 2. The van der Waals surface area contributed by atoms with E-state index in [0.29, 0.717) is 29.2 Å². The summed E-state index contributed by atoms with van der Waals surface area (Å²) in [7, 11) is 1.66. The molecule has 0 radical (unpaired) electrons. The van der Waals surface area contributed by atoms with Crippen LogP contribution in [0.25, 0.3) is 11.3 Å². The van der Waals surface area contributed by atoms with Gasteiger partial charge in [-0.25, -0.2) is 9.37 Å². The Bertz CT molecular complexity index is 1020. The molecule has 0 spiro atoms. The summed E-state index contributed by atoms with van der Waals surface area (Å²) in [6, 6.07) is 11.8. The van der Waals surface area contributed by atoms with E-state index in [4.69, 9.17) is 4.42 Å². The third-order valence-electron chi connectivity index (χ3n) is 4.77. The van der Waals surface area contributed by atoms with Gasteiger partial charge in [0.2, 0.25) is 5.91 Å². The monoisotopic (exact) mass is 397 g/mol. The molecule has 3 rings (SSSR count). The Labute approximate surface area is 166 Å².